The van der Waals surface area contributed by atoms with E-state index in [1.807, 2.05) is 0 Å². The molecule has 0 saturated heterocycles. The van der Waals surface area contributed by atoms with Crippen LogP contribution in [0.15, 0.2) is 68.7 Å². The third-order valence-corrected chi connectivity index (χ3v) is 4.86. The molecule has 0 aliphatic carbocycles. The van der Waals surface area contributed by atoms with Crippen LogP contribution in [0.5, 0.6) is 5.75 Å². The Kier molecular flexibility index (Phi) is 4.56. The molecule has 0 radical (unpaired) electrons. The van der Waals surface area contributed by atoms with Gasteiger partial charge in [0.2, 0.25) is 9.84 Å². The van der Waals surface area contributed by atoms with Crippen molar-refractivity contribution in [3.8, 4) is 5.75 Å². The highest BCUT2D eigenvalue weighted by atomic mass is 32.2. The Balaban J connectivity index is 1.83. The van der Waals surface area contributed by atoms with Crippen molar-refractivity contribution in [2.75, 3.05) is 0 Å². The zero-order valence-electron chi connectivity index (χ0n) is 12.9. The van der Waals surface area contributed by atoms with Crippen molar-refractivity contribution in [1.82, 2.24) is 0 Å². The minimum absolute atomic E-state index is 0.0344. The van der Waals surface area contributed by atoms with Gasteiger partial charge in [-0.1, -0.05) is 0 Å². The average Bonchev–Trinajstić information content (AvgIpc) is 2.61. The number of halogens is 2. The number of benzene rings is 2. The van der Waals surface area contributed by atoms with Gasteiger partial charge in [-0.25, -0.2) is 18.0 Å². The highest BCUT2D eigenvalue weighted by molar-refractivity contribution is 7.91. The maximum atomic E-state index is 12.5. The molecule has 134 valence electrons. The van der Waals surface area contributed by atoms with Crippen LogP contribution in [0.3, 0.4) is 0 Å². The Morgan fingerprint density at radius 1 is 1.00 bits per heavy atom. The lowest BCUT2D eigenvalue weighted by molar-refractivity contribution is 0.0735. The van der Waals surface area contributed by atoms with Crippen molar-refractivity contribution in [3.05, 3.63) is 70.6 Å². The van der Waals surface area contributed by atoms with Gasteiger partial charge in [0.05, 0.1) is 10.5 Å². The van der Waals surface area contributed by atoms with E-state index in [-0.39, 0.29) is 16.9 Å². The van der Waals surface area contributed by atoms with Crippen molar-refractivity contribution in [2.24, 2.45) is 0 Å². The molecule has 0 spiro atoms. The summed E-state index contributed by atoms with van der Waals surface area (Å²) in [4.78, 5) is 22.7. The molecule has 0 atom stereocenters. The lowest BCUT2D eigenvalue weighted by Gasteiger charge is -2.06. The van der Waals surface area contributed by atoms with Gasteiger partial charge in [-0.15, -0.1) is 0 Å². The number of carbonyl (C=O) groups is 1. The van der Waals surface area contributed by atoms with E-state index in [0.717, 1.165) is 24.3 Å². The molecule has 6 nitrogen and oxygen atoms in total. The number of hydrogen-bond acceptors (Lipinski definition) is 6. The van der Waals surface area contributed by atoms with Crippen LogP contribution in [0, 0.1) is 0 Å². The van der Waals surface area contributed by atoms with Crippen LogP contribution in [-0.2, 0) is 9.84 Å². The first-order valence-electron chi connectivity index (χ1n) is 7.15. The second-order valence-electron chi connectivity index (χ2n) is 5.17. The third kappa shape index (κ3) is 3.47. The molecule has 0 fully saturated rings. The van der Waals surface area contributed by atoms with Crippen LogP contribution in [0.2, 0.25) is 0 Å². The van der Waals surface area contributed by atoms with Gasteiger partial charge in [-0.05, 0) is 42.5 Å². The highest BCUT2D eigenvalue weighted by Crippen LogP contribution is 2.22. The Labute approximate surface area is 145 Å². The predicted molar refractivity (Wildman–Crippen MR) is 87.1 cm³/mol. The number of ether oxygens (including phenoxy) is 1. The van der Waals surface area contributed by atoms with Crippen LogP contribution in [0.1, 0.15) is 10.4 Å². The minimum Gasteiger partial charge on any atom is -0.423 e. The second-order valence-corrected chi connectivity index (χ2v) is 7.09. The van der Waals surface area contributed by atoms with Crippen molar-refractivity contribution in [3.63, 3.8) is 0 Å². The Morgan fingerprint density at radius 3 is 2.31 bits per heavy atom. The van der Waals surface area contributed by atoms with Gasteiger partial charge < -0.3 is 9.15 Å². The average molecular weight is 380 g/mol. The number of alkyl halides is 2. The molecule has 0 aliphatic heterocycles. The van der Waals surface area contributed by atoms with E-state index in [4.69, 9.17) is 9.15 Å². The summed E-state index contributed by atoms with van der Waals surface area (Å²) in [5.74, 6) is -4.28. The SMILES string of the molecule is O=C(Oc1ccc2ccc(=O)oc2c1)c1ccc(S(=O)(=O)C(F)F)cc1. The lowest BCUT2D eigenvalue weighted by Crippen LogP contribution is -2.12. The minimum atomic E-state index is -4.73. The zero-order valence-corrected chi connectivity index (χ0v) is 13.7. The fraction of sp³-hybridized carbons (Fsp3) is 0.0588. The topological polar surface area (TPSA) is 90.7 Å². The summed E-state index contributed by atoms with van der Waals surface area (Å²) >= 11 is 0. The van der Waals surface area contributed by atoms with E-state index in [1.165, 1.54) is 18.2 Å². The molecule has 2 aromatic carbocycles. The monoisotopic (exact) mass is 380 g/mol. The smallest absolute Gasteiger partial charge is 0.343 e. The molecule has 3 rings (SSSR count). The number of rotatable bonds is 4. The van der Waals surface area contributed by atoms with Crippen LogP contribution < -0.4 is 10.4 Å². The Hall–Kier alpha value is -3.07. The van der Waals surface area contributed by atoms with E-state index in [1.54, 1.807) is 12.1 Å². The third-order valence-electron chi connectivity index (χ3n) is 3.46. The zero-order chi connectivity index (χ0) is 18.9. The van der Waals surface area contributed by atoms with Gasteiger partial charge in [-0.2, -0.15) is 8.78 Å². The van der Waals surface area contributed by atoms with Gasteiger partial charge >= 0.3 is 17.4 Å². The molecule has 0 unspecified atom stereocenters. The quantitative estimate of drug-likeness (QED) is 0.393. The van der Waals surface area contributed by atoms with Crippen LogP contribution in [-0.4, -0.2) is 20.1 Å². The van der Waals surface area contributed by atoms with Crippen molar-refractivity contribution < 1.29 is 31.1 Å². The summed E-state index contributed by atoms with van der Waals surface area (Å²) in [6.45, 7) is 0. The molecule has 9 heteroatoms. The molecule has 3 aromatic rings. The molecule has 0 saturated carbocycles. The first-order valence-corrected chi connectivity index (χ1v) is 8.70. The Bertz CT molecular complexity index is 1130. The summed E-state index contributed by atoms with van der Waals surface area (Å²) in [6, 6.07) is 11.2. The number of fused-ring (bicyclic) bond motifs is 1. The molecule has 1 aromatic heterocycles. The summed E-state index contributed by atoms with van der Waals surface area (Å²) in [5, 5.41) is 0.631. The largest absolute Gasteiger partial charge is 0.423 e. The van der Waals surface area contributed by atoms with Gasteiger partial charge in [0.1, 0.15) is 11.3 Å². The van der Waals surface area contributed by atoms with Gasteiger partial charge in [-0.3, -0.25) is 0 Å². The molecular weight excluding hydrogens is 370 g/mol. The van der Waals surface area contributed by atoms with Crippen LogP contribution >= 0.6 is 0 Å². The summed E-state index contributed by atoms with van der Waals surface area (Å²) in [7, 11) is -4.73. The molecule has 1 heterocycles. The molecule has 0 bridgehead atoms. The van der Waals surface area contributed by atoms with E-state index < -0.39 is 32.1 Å². The second kappa shape index (κ2) is 6.68. The Morgan fingerprint density at radius 2 is 1.65 bits per heavy atom. The van der Waals surface area contributed by atoms with E-state index in [9.17, 15) is 26.8 Å². The summed E-state index contributed by atoms with van der Waals surface area (Å²) in [6.07, 6.45) is 0. The molecular formula is C17H10F2O6S. The van der Waals surface area contributed by atoms with Gasteiger partial charge in [0.25, 0.3) is 0 Å². The maximum absolute atomic E-state index is 12.5. The summed E-state index contributed by atoms with van der Waals surface area (Å²) in [5.41, 5.74) is -0.370. The number of hydrogen-bond donors (Lipinski definition) is 0. The van der Waals surface area contributed by atoms with Gasteiger partial charge in [0, 0.05) is 17.5 Å². The first-order chi connectivity index (χ1) is 12.3. The van der Waals surface area contributed by atoms with E-state index in [0.29, 0.717) is 5.39 Å². The lowest BCUT2D eigenvalue weighted by atomic mass is 10.2. The molecule has 26 heavy (non-hydrogen) atoms. The van der Waals surface area contributed by atoms with Crippen molar-refractivity contribution >= 4 is 26.8 Å². The van der Waals surface area contributed by atoms with Crippen LogP contribution in [0.25, 0.3) is 11.0 Å². The van der Waals surface area contributed by atoms with Crippen molar-refractivity contribution in [2.45, 2.75) is 10.7 Å². The van der Waals surface area contributed by atoms with Gasteiger partial charge in [0.15, 0.2) is 0 Å². The molecule has 0 N–H and O–H groups in total. The highest BCUT2D eigenvalue weighted by Gasteiger charge is 2.26. The molecule has 0 aliphatic rings. The van der Waals surface area contributed by atoms with Crippen molar-refractivity contribution in [1.29, 1.82) is 0 Å². The summed E-state index contributed by atoms with van der Waals surface area (Å²) < 4.78 is 57.8. The standard InChI is InChI=1S/C17H10F2O6S/c18-17(19)26(22,23)13-6-2-11(3-7-13)16(21)24-12-5-1-10-4-8-15(20)25-14(10)9-12/h1-9,17H. The predicted octanol–water partition coefficient (Wildman–Crippen LogP) is 3.01. The normalized spacial score (nSPS) is 11.7. The fourth-order valence-electron chi connectivity index (χ4n) is 2.15. The first kappa shape index (κ1) is 17.7. The number of esters is 1. The van der Waals surface area contributed by atoms with Crippen LogP contribution in [0.4, 0.5) is 8.78 Å². The molecule has 0 amide bonds. The maximum Gasteiger partial charge on any atom is 0.343 e. The number of carbonyl (C=O) groups excluding carboxylic acids is 1. The van der Waals surface area contributed by atoms with E-state index in [2.05, 4.69) is 0 Å². The fourth-order valence-corrected chi connectivity index (χ4v) is 2.88. The number of sulfone groups is 1. The van der Waals surface area contributed by atoms with E-state index >= 15 is 0 Å².